The lowest BCUT2D eigenvalue weighted by atomic mass is 9.82. The van der Waals surface area contributed by atoms with Gasteiger partial charge >= 0.3 is 0 Å². The molecule has 0 aromatic heterocycles. The quantitative estimate of drug-likeness (QED) is 0.663. The number of hydrogen-bond acceptors (Lipinski definition) is 2. The van der Waals surface area contributed by atoms with E-state index in [1.807, 2.05) is 25.2 Å². The molecule has 3 rings (SSSR count). The van der Waals surface area contributed by atoms with Gasteiger partial charge in [-0.1, -0.05) is 30.3 Å². The van der Waals surface area contributed by atoms with Crippen LogP contribution >= 0.6 is 0 Å². The van der Waals surface area contributed by atoms with E-state index in [0.29, 0.717) is 12.3 Å². The molecule has 2 aromatic rings. The molecule has 2 aromatic carbocycles. The van der Waals surface area contributed by atoms with Crippen LogP contribution in [0, 0.1) is 12.4 Å². The maximum atomic E-state index is 13.3. The summed E-state index contributed by atoms with van der Waals surface area (Å²) in [6.07, 6.45) is 1.75. The Morgan fingerprint density at radius 3 is 2.74 bits per heavy atom. The number of fused-ring (bicyclic) bond motifs is 1. The minimum Gasteiger partial charge on any atom is -0.361 e. The van der Waals surface area contributed by atoms with Crippen LogP contribution in [0.15, 0.2) is 42.5 Å². The summed E-state index contributed by atoms with van der Waals surface area (Å²) in [5.74, 6) is -0.249. The second-order valence-electron chi connectivity index (χ2n) is 5.78. The van der Waals surface area contributed by atoms with Crippen molar-refractivity contribution in [2.45, 2.75) is 25.0 Å². The number of nitrogens with zero attached hydrogens (tertiary/aromatic N) is 1. The standard InChI is InChI=1S/C19H19FN2O/c1-21-11-3-10-19(15-4-6-16(20)7-5-15)18-9-8-17(22-2)12-14(18)13-23-19/h4-9,12,21H,3,10-11,13H2,1H3/t19-/m1/s1. The highest BCUT2D eigenvalue weighted by Gasteiger charge is 2.41. The predicted molar refractivity (Wildman–Crippen MR) is 87.8 cm³/mol. The van der Waals surface area contributed by atoms with Gasteiger partial charge in [-0.2, -0.15) is 0 Å². The Morgan fingerprint density at radius 2 is 2.04 bits per heavy atom. The molecule has 0 unspecified atom stereocenters. The van der Waals surface area contributed by atoms with Crippen molar-refractivity contribution in [3.8, 4) is 0 Å². The predicted octanol–water partition coefficient (Wildman–Crippen LogP) is 4.15. The summed E-state index contributed by atoms with van der Waals surface area (Å²) in [6.45, 7) is 8.54. The van der Waals surface area contributed by atoms with Crippen molar-refractivity contribution in [3.05, 3.63) is 76.4 Å². The first-order valence-corrected chi connectivity index (χ1v) is 7.75. The Kier molecular flexibility index (Phi) is 4.42. The maximum absolute atomic E-state index is 13.3. The summed E-state index contributed by atoms with van der Waals surface area (Å²) < 4.78 is 19.5. The van der Waals surface area contributed by atoms with E-state index in [0.717, 1.165) is 36.1 Å². The molecule has 3 nitrogen and oxygen atoms in total. The van der Waals surface area contributed by atoms with Crippen molar-refractivity contribution >= 4 is 5.69 Å². The molecule has 1 aliphatic rings. The smallest absolute Gasteiger partial charge is 0.187 e. The number of nitrogens with one attached hydrogen (secondary N) is 1. The van der Waals surface area contributed by atoms with Gasteiger partial charge in [-0.05, 0) is 55.3 Å². The van der Waals surface area contributed by atoms with Crippen LogP contribution in [0.5, 0.6) is 0 Å². The average molecular weight is 310 g/mol. The Hall–Kier alpha value is -2.22. The molecule has 1 heterocycles. The van der Waals surface area contributed by atoms with Crippen molar-refractivity contribution in [1.29, 1.82) is 0 Å². The van der Waals surface area contributed by atoms with E-state index in [4.69, 9.17) is 11.3 Å². The van der Waals surface area contributed by atoms with Gasteiger partial charge in [0.05, 0.1) is 13.2 Å². The first-order chi connectivity index (χ1) is 11.2. The van der Waals surface area contributed by atoms with Crippen LogP contribution in [-0.4, -0.2) is 13.6 Å². The van der Waals surface area contributed by atoms with Crippen molar-refractivity contribution in [2.24, 2.45) is 0 Å². The molecule has 0 saturated carbocycles. The fraction of sp³-hybridized carbons (Fsp3) is 0.316. The zero-order chi connectivity index (χ0) is 16.3. The van der Waals surface area contributed by atoms with E-state index >= 15 is 0 Å². The van der Waals surface area contributed by atoms with Gasteiger partial charge in [0.15, 0.2) is 5.69 Å². The zero-order valence-electron chi connectivity index (χ0n) is 13.1. The highest BCUT2D eigenvalue weighted by Crippen LogP contribution is 2.46. The molecular formula is C19H19FN2O. The molecule has 1 atom stereocenters. The van der Waals surface area contributed by atoms with Crippen LogP contribution in [0.25, 0.3) is 4.85 Å². The first-order valence-electron chi connectivity index (χ1n) is 7.75. The summed E-state index contributed by atoms with van der Waals surface area (Å²) in [5.41, 5.74) is 3.17. The minimum atomic E-state index is -0.555. The van der Waals surface area contributed by atoms with E-state index in [1.54, 1.807) is 12.1 Å². The Morgan fingerprint density at radius 1 is 1.26 bits per heavy atom. The fourth-order valence-corrected chi connectivity index (χ4v) is 3.26. The molecule has 0 fully saturated rings. The third kappa shape index (κ3) is 2.86. The molecule has 0 spiro atoms. The summed E-state index contributed by atoms with van der Waals surface area (Å²) in [4.78, 5) is 3.49. The van der Waals surface area contributed by atoms with Gasteiger partial charge in [0.1, 0.15) is 11.4 Å². The van der Waals surface area contributed by atoms with Crippen LogP contribution in [0.2, 0.25) is 0 Å². The Bertz CT molecular complexity index is 736. The second kappa shape index (κ2) is 6.49. The lowest BCUT2D eigenvalue weighted by molar-refractivity contribution is -0.0128. The SMILES string of the molecule is [C-]#[N+]c1ccc2c(c1)CO[C@]2(CCCNC)c1ccc(F)cc1. The van der Waals surface area contributed by atoms with Gasteiger partial charge in [0, 0.05) is 0 Å². The molecule has 0 saturated heterocycles. The molecule has 118 valence electrons. The molecule has 23 heavy (non-hydrogen) atoms. The van der Waals surface area contributed by atoms with E-state index in [9.17, 15) is 4.39 Å². The van der Waals surface area contributed by atoms with Crippen molar-refractivity contribution in [3.63, 3.8) is 0 Å². The third-order valence-corrected chi connectivity index (χ3v) is 4.39. The Labute approximate surface area is 135 Å². The molecule has 4 heteroatoms. The van der Waals surface area contributed by atoms with E-state index in [-0.39, 0.29) is 5.82 Å². The number of hydrogen-bond donors (Lipinski definition) is 1. The van der Waals surface area contributed by atoms with Crippen molar-refractivity contribution in [1.82, 2.24) is 5.32 Å². The number of halogens is 1. The molecule has 1 N–H and O–H groups in total. The summed E-state index contributed by atoms with van der Waals surface area (Å²) in [5, 5.41) is 3.16. The van der Waals surface area contributed by atoms with Crippen molar-refractivity contribution in [2.75, 3.05) is 13.6 Å². The fourth-order valence-electron chi connectivity index (χ4n) is 3.26. The van der Waals surface area contributed by atoms with Gasteiger partial charge in [-0.15, -0.1) is 0 Å². The minimum absolute atomic E-state index is 0.249. The highest BCUT2D eigenvalue weighted by atomic mass is 19.1. The van der Waals surface area contributed by atoms with Gasteiger partial charge < -0.3 is 10.1 Å². The van der Waals surface area contributed by atoms with Crippen LogP contribution in [0.4, 0.5) is 10.1 Å². The molecular weight excluding hydrogens is 291 g/mol. The van der Waals surface area contributed by atoms with Gasteiger partial charge in [0.25, 0.3) is 0 Å². The van der Waals surface area contributed by atoms with Gasteiger partial charge in [-0.3, -0.25) is 0 Å². The largest absolute Gasteiger partial charge is 0.361 e. The number of benzene rings is 2. The summed E-state index contributed by atoms with van der Waals surface area (Å²) in [7, 11) is 1.93. The lowest BCUT2D eigenvalue weighted by Gasteiger charge is -2.30. The maximum Gasteiger partial charge on any atom is 0.187 e. The summed E-state index contributed by atoms with van der Waals surface area (Å²) >= 11 is 0. The molecule has 0 radical (unpaired) electrons. The van der Waals surface area contributed by atoms with Gasteiger partial charge in [-0.25, -0.2) is 9.24 Å². The second-order valence-corrected chi connectivity index (χ2v) is 5.78. The first kappa shape index (κ1) is 15.7. The van der Waals surface area contributed by atoms with Crippen LogP contribution in [0.3, 0.4) is 0 Å². The number of rotatable bonds is 5. The molecule has 0 amide bonds. The molecule has 0 bridgehead atoms. The molecule has 0 aliphatic carbocycles. The lowest BCUT2D eigenvalue weighted by Crippen LogP contribution is -2.28. The van der Waals surface area contributed by atoms with Crippen LogP contribution in [-0.2, 0) is 16.9 Å². The van der Waals surface area contributed by atoms with Crippen LogP contribution in [0.1, 0.15) is 29.5 Å². The Balaban J connectivity index is 2.05. The number of ether oxygens (including phenoxy) is 1. The highest BCUT2D eigenvalue weighted by molar-refractivity contribution is 5.54. The average Bonchev–Trinajstić information content (AvgIpc) is 2.95. The van der Waals surface area contributed by atoms with E-state index in [1.165, 1.54) is 12.1 Å². The molecule has 1 aliphatic heterocycles. The zero-order valence-corrected chi connectivity index (χ0v) is 13.1. The van der Waals surface area contributed by atoms with E-state index < -0.39 is 5.60 Å². The summed E-state index contributed by atoms with van der Waals surface area (Å²) in [6, 6.07) is 12.3. The normalized spacial score (nSPS) is 19.3. The van der Waals surface area contributed by atoms with Crippen LogP contribution < -0.4 is 5.32 Å². The van der Waals surface area contributed by atoms with Gasteiger partial charge in [0.2, 0.25) is 0 Å². The van der Waals surface area contributed by atoms with Crippen molar-refractivity contribution < 1.29 is 9.13 Å². The monoisotopic (exact) mass is 310 g/mol. The third-order valence-electron chi connectivity index (χ3n) is 4.39. The van der Waals surface area contributed by atoms with E-state index in [2.05, 4.69) is 10.2 Å². The topological polar surface area (TPSA) is 25.6 Å².